The maximum Gasteiger partial charge on any atom is 0.223 e. The summed E-state index contributed by atoms with van der Waals surface area (Å²) in [5, 5.41) is 0.314. The lowest BCUT2D eigenvalue weighted by Crippen LogP contribution is -2.56. The Bertz CT molecular complexity index is 527. The van der Waals surface area contributed by atoms with Crippen LogP contribution in [0.5, 0.6) is 0 Å². The van der Waals surface area contributed by atoms with Crippen molar-refractivity contribution in [3.8, 4) is 0 Å². The second-order valence-corrected chi connectivity index (χ2v) is 6.65. The van der Waals surface area contributed by atoms with Crippen LogP contribution in [0.15, 0.2) is 18.2 Å². The van der Waals surface area contributed by atoms with Crippen molar-refractivity contribution in [3.63, 3.8) is 0 Å². The second kappa shape index (κ2) is 5.34. The predicted octanol–water partition coefficient (Wildman–Crippen LogP) is 3.27. The van der Waals surface area contributed by atoms with E-state index in [-0.39, 0.29) is 23.5 Å². The summed E-state index contributed by atoms with van der Waals surface area (Å²) >= 11 is 6.16. The number of halogens is 2. The van der Waals surface area contributed by atoms with Gasteiger partial charge in [-0.05, 0) is 44.9 Å². The van der Waals surface area contributed by atoms with Gasteiger partial charge in [-0.3, -0.25) is 4.79 Å². The van der Waals surface area contributed by atoms with Gasteiger partial charge in [0.05, 0.1) is 6.04 Å². The van der Waals surface area contributed by atoms with E-state index in [4.69, 9.17) is 17.3 Å². The van der Waals surface area contributed by atoms with Crippen LogP contribution in [-0.2, 0) is 4.79 Å². The van der Waals surface area contributed by atoms with E-state index in [2.05, 4.69) is 0 Å². The van der Waals surface area contributed by atoms with E-state index in [1.807, 2.05) is 20.8 Å². The maximum atomic E-state index is 13.2. The van der Waals surface area contributed by atoms with Crippen molar-refractivity contribution < 1.29 is 9.18 Å². The van der Waals surface area contributed by atoms with Gasteiger partial charge >= 0.3 is 0 Å². The summed E-state index contributed by atoms with van der Waals surface area (Å²) in [4.78, 5) is 14.1. The van der Waals surface area contributed by atoms with E-state index in [0.717, 1.165) is 0 Å². The molecule has 2 unspecified atom stereocenters. The molecule has 2 atom stereocenters. The first kappa shape index (κ1) is 15.3. The van der Waals surface area contributed by atoms with Crippen LogP contribution in [0.4, 0.5) is 4.39 Å². The average Bonchev–Trinajstić information content (AvgIpc) is 2.31. The molecule has 20 heavy (non-hydrogen) atoms. The van der Waals surface area contributed by atoms with Crippen LogP contribution >= 0.6 is 11.6 Å². The summed E-state index contributed by atoms with van der Waals surface area (Å²) in [6.07, 6.45) is 1.05. The van der Waals surface area contributed by atoms with E-state index in [1.54, 1.807) is 11.0 Å². The molecule has 0 spiro atoms. The third-order valence-electron chi connectivity index (χ3n) is 3.65. The van der Waals surface area contributed by atoms with Crippen molar-refractivity contribution in [1.82, 2.24) is 4.90 Å². The molecule has 1 aliphatic heterocycles. The van der Waals surface area contributed by atoms with E-state index in [0.29, 0.717) is 23.4 Å². The number of hydrogen-bond donors (Lipinski definition) is 1. The van der Waals surface area contributed by atoms with Crippen molar-refractivity contribution in [2.24, 2.45) is 5.73 Å². The standard InChI is InChI=1S/C15H20ClFN2O/c1-15(2,3)19-13(20)7-6-12(18)14(19)10-5-4-9(17)8-11(10)16/h4-5,8,12,14H,6-7,18H2,1-3H3. The van der Waals surface area contributed by atoms with Crippen molar-refractivity contribution in [1.29, 1.82) is 0 Å². The largest absolute Gasteiger partial charge is 0.329 e. The van der Waals surface area contributed by atoms with Gasteiger partial charge in [-0.1, -0.05) is 17.7 Å². The molecule has 110 valence electrons. The fourth-order valence-electron chi connectivity index (χ4n) is 2.82. The minimum Gasteiger partial charge on any atom is -0.329 e. The minimum absolute atomic E-state index is 0.0598. The van der Waals surface area contributed by atoms with Crippen molar-refractivity contribution >= 4 is 17.5 Å². The molecular weight excluding hydrogens is 279 g/mol. The normalized spacial score (nSPS) is 24.1. The van der Waals surface area contributed by atoms with Crippen LogP contribution in [0, 0.1) is 5.82 Å². The first-order valence-electron chi connectivity index (χ1n) is 6.74. The lowest BCUT2D eigenvalue weighted by atomic mass is 9.86. The molecule has 2 N–H and O–H groups in total. The molecule has 1 aromatic carbocycles. The molecule has 0 aliphatic carbocycles. The minimum atomic E-state index is -0.392. The summed E-state index contributed by atoms with van der Waals surface area (Å²) in [5.74, 6) is -0.332. The zero-order valence-corrected chi connectivity index (χ0v) is 12.7. The number of carbonyl (C=O) groups excluding carboxylic acids is 1. The third kappa shape index (κ3) is 2.81. The number of benzene rings is 1. The predicted molar refractivity (Wildman–Crippen MR) is 78.0 cm³/mol. The smallest absolute Gasteiger partial charge is 0.223 e. The molecule has 0 aromatic heterocycles. The van der Waals surface area contributed by atoms with Gasteiger partial charge in [0.1, 0.15) is 5.82 Å². The Morgan fingerprint density at radius 1 is 1.40 bits per heavy atom. The highest BCUT2D eigenvalue weighted by atomic mass is 35.5. The highest BCUT2D eigenvalue weighted by molar-refractivity contribution is 6.31. The van der Waals surface area contributed by atoms with Gasteiger partial charge in [0, 0.05) is 23.0 Å². The SMILES string of the molecule is CC(C)(C)N1C(=O)CCC(N)C1c1ccc(F)cc1Cl. The number of piperidine rings is 1. The topological polar surface area (TPSA) is 46.3 Å². The Morgan fingerprint density at radius 2 is 2.05 bits per heavy atom. The molecule has 1 aromatic rings. The van der Waals surface area contributed by atoms with Gasteiger partial charge in [0.25, 0.3) is 0 Å². The van der Waals surface area contributed by atoms with Crippen LogP contribution < -0.4 is 5.73 Å². The van der Waals surface area contributed by atoms with Crippen molar-refractivity contribution in [3.05, 3.63) is 34.6 Å². The number of rotatable bonds is 1. The molecule has 0 bridgehead atoms. The first-order chi connectivity index (χ1) is 9.21. The number of hydrogen-bond acceptors (Lipinski definition) is 2. The number of nitrogens with two attached hydrogens (primary N) is 1. The zero-order chi connectivity index (χ0) is 15.1. The molecule has 1 amide bonds. The Hall–Kier alpha value is -1.13. The number of amides is 1. The van der Waals surface area contributed by atoms with Crippen LogP contribution in [0.3, 0.4) is 0 Å². The molecule has 3 nitrogen and oxygen atoms in total. The molecule has 5 heteroatoms. The third-order valence-corrected chi connectivity index (χ3v) is 3.98. The highest BCUT2D eigenvalue weighted by Crippen LogP contribution is 2.39. The molecule has 1 aliphatic rings. The van der Waals surface area contributed by atoms with E-state index < -0.39 is 5.82 Å². The van der Waals surface area contributed by atoms with Crippen LogP contribution in [0.25, 0.3) is 0 Å². The van der Waals surface area contributed by atoms with Gasteiger partial charge in [0.2, 0.25) is 5.91 Å². The quantitative estimate of drug-likeness (QED) is 0.865. The molecular formula is C15H20ClFN2O. The van der Waals surface area contributed by atoms with Crippen LogP contribution in [-0.4, -0.2) is 22.4 Å². The van der Waals surface area contributed by atoms with E-state index in [1.165, 1.54) is 12.1 Å². The number of carbonyl (C=O) groups is 1. The Morgan fingerprint density at radius 3 is 2.60 bits per heavy atom. The first-order valence-corrected chi connectivity index (χ1v) is 7.12. The van der Waals surface area contributed by atoms with Gasteiger partial charge in [0.15, 0.2) is 0 Å². The summed E-state index contributed by atoms with van der Waals surface area (Å²) in [6, 6.07) is 3.73. The highest BCUT2D eigenvalue weighted by Gasteiger charge is 2.41. The van der Waals surface area contributed by atoms with Crippen molar-refractivity contribution in [2.45, 2.75) is 51.2 Å². The summed E-state index contributed by atoms with van der Waals surface area (Å²) in [6.45, 7) is 5.90. The number of nitrogens with zero attached hydrogens (tertiary/aromatic N) is 1. The molecule has 1 saturated heterocycles. The van der Waals surface area contributed by atoms with Gasteiger partial charge in [-0.2, -0.15) is 0 Å². The summed E-state index contributed by atoms with van der Waals surface area (Å²) in [7, 11) is 0. The van der Waals surface area contributed by atoms with Gasteiger partial charge < -0.3 is 10.6 Å². The van der Waals surface area contributed by atoms with Crippen molar-refractivity contribution in [2.75, 3.05) is 0 Å². The summed E-state index contributed by atoms with van der Waals surface area (Å²) < 4.78 is 13.2. The Kier molecular flexibility index (Phi) is 4.07. The van der Waals surface area contributed by atoms with Gasteiger partial charge in [-0.15, -0.1) is 0 Å². The second-order valence-electron chi connectivity index (χ2n) is 6.25. The lowest BCUT2D eigenvalue weighted by Gasteiger charge is -2.47. The Labute approximate surface area is 123 Å². The average molecular weight is 299 g/mol. The number of likely N-dealkylation sites (tertiary alicyclic amines) is 1. The van der Waals surface area contributed by atoms with E-state index >= 15 is 0 Å². The lowest BCUT2D eigenvalue weighted by molar-refractivity contribution is -0.144. The zero-order valence-electron chi connectivity index (χ0n) is 12.0. The summed E-state index contributed by atoms with van der Waals surface area (Å²) in [5.41, 5.74) is 6.57. The fraction of sp³-hybridized carbons (Fsp3) is 0.533. The molecule has 0 radical (unpaired) electrons. The van der Waals surface area contributed by atoms with Gasteiger partial charge in [-0.25, -0.2) is 4.39 Å². The molecule has 2 rings (SSSR count). The maximum absolute atomic E-state index is 13.2. The Balaban J connectivity index is 2.50. The van der Waals surface area contributed by atoms with Crippen LogP contribution in [0.1, 0.15) is 45.2 Å². The monoisotopic (exact) mass is 298 g/mol. The fourth-order valence-corrected chi connectivity index (χ4v) is 3.10. The van der Waals surface area contributed by atoms with Crippen LogP contribution in [0.2, 0.25) is 5.02 Å². The molecule has 1 heterocycles. The molecule has 1 fully saturated rings. The van der Waals surface area contributed by atoms with E-state index in [9.17, 15) is 9.18 Å². The molecule has 0 saturated carbocycles.